The SMILES string of the molecule is O=C1COCCN1Cc1ccc(NS(=O)(=O)c2cccc3ccccc23)cc1. The van der Waals surface area contributed by atoms with Gasteiger partial charge in [-0.2, -0.15) is 0 Å². The van der Waals surface area contributed by atoms with Crippen molar-refractivity contribution in [1.29, 1.82) is 0 Å². The number of benzene rings is 3. The molecule has 144 valence electrons. The van der Waals surface area contributed by atoms with Gasteiger partial charge in [0.2, 0.25) is 5.91 Å². The number of carbonyl (C=O) groups excluding carboxylic acids is 1. The molecule has 6 nitrogen and oxygen atoms in total. The number of nitrogens with one attached hydrogen (secondary N) is 1. The van der Waals surface area contributed by atoms with Crippen LogP contribution in [0.3, 0.4) is 0 Å². The number of hydrogen-bond acceptors (Lipinski definition) is 4. The van der Waals surface area contributed by atoms with Gasteiger partial charge in [-0.15, -0.1) is 0 Å². The molecule has 3 aromatic rings. The van der Waals surface area contributed by atoms with Crippen LogP contribution in [0, 0.1) is 0 Å². The molecule has 3 aromatic carbocycles. The van der Waals surface area contributed by atoms with Crippen LogP contribution in [0.15, 0.2) is 71.6 Å². The Morgan fingerprint density at radius 2 is 1.71 bits per heavy atom. The minimum absolute atomic E-state index is 0.0352. The van der Waals surface area contributed by atoms with Gasteiger partial charge in [0.1, 0.15) is 6.61 Å². The third-order valence-electron chi connectivity index (χ3n) is 4.70. The van der Waals surface area contributed by atoms with Crippen molar-refractivity contribution in [3.63, 3.8) is 0 Å². The minimum Gasteiger partial charge on any atom is -0.370 e. The lowest BCUT2D eigenvalue weighted by molar-refractivity contribution is -0.143. The molecule has 1 saturated heterocycles. The molecule has 0 bridgehead atoms. The molecule has 1 heterocycles. The van der Waals surface area contributed by atoms with Crippen molar-refractivity contribution in [3.8, 4) is 0 Å². The number of hydrogen-bond donors (Lipinski definition) is 1. The van der Waals surface area contributed by atoms with Crippen LogP contribution in [0.1, 0.15) is 5.56 Å². The van der Waals surface area contributed by atoms with Gasteiger partial charge < -0.3 is 9.64 Å². The van der Waals surface area contributed by atoms with Crippen molar-refractivity contribution in [2.75, 3.05) is 24.5 Å². The van der Waals surface area contributed by atoms with Crippen molar-refractivity contribution in [3.05, 3.63) is 72.3 Å². The van der Waals surface area contributed by atoms with Crippen LogP contribution in [0.25, 0.3) is 10.8 Å². The monoisotopic (exact) mass is 396 g/mol. The first-order valence-electron chi connectivity index (χ1n) is 8.98. The summed E-state index contributed by atoms with van der Waals surface area (Å²) in [4.78, 5) is 13.8. The summed E-state index contributed by atoms with van der Waals surface area (Å²) >= 11 is 0. The van der Waals surface area contributed by atoms with E-state index in [-0.39, 0.29) is 17.4 Å². The van der Waals surface area contributed by atoms with E-state index in [1.165, 1.54) is 0 Å². The second-order valence-electron chi connectivity index (χ2n) is 6.65. The van der Waals surface area contributed by atoms with Gasteiger partial charge in [0, 0.05) is 24.2 Å². The number of carbonyl (C=O) groups is 1. The summed E-state index contributed by atoms with van der Waals surface area (Å²) < 4.78 is 33.5. The summed E-state index contributed by atoms with van der Waals surface area (Å²) in [5.74, 6) is -0.0352. The number of ether oxygens (including phenoxy) is 1. The number of anilines is 1. The van der Waals surface area contributed by atoms with Crippen LogP contribution in [0.2, 0.25) is 0 Å². The zero-order valence-electron chi connectivity index (χ0n) is 15.2. The molecule has 1 amide bonds. The molecule has 0 unspecified atom stereocenters. The molecular weight excluding hydrogens is 376 g/mol. The zero-order valence-corrected chi connectivity index (χ0v) is 16.0. The van der Waals surface area contributed by atoms with E-state index in [0.29, 0.717) is 30.8 Å². The standard InChI is InChI=1S/C21H20N2O4S/c24-21-15-27-13-12-23(21)14-16-8-10-18(11-9-16)22-28(25,26)20-7-3-5-17-4-1-2-6-19(17)20/h1-11,22H,12-15H2. The van der Waals surface area contributed by atoms with Gasteiger partial charge in [0.15, 0.2) is 0 Å². The molecule has 4 rings (SSSR count). The molecule has 28 heavy (non-hydrogen) atoms. The Bertz CT molecular complexity index is 1110. The Kier molecular flexibility index (Phi) is 5.02. The van der Waals surface area contributed by atoms with E-state index in [1.807, 2.05) is 36.4 Å². The highest BCUT2D eigenvalue weighted by Crippen LogP contribution is 2.25. The largest absolute Gasteiger partial charge is 0.370 e. The molecule has 0 aromatic heterocycles. The van der Waals surface area contributed by atoms with Crippen molar-refractivity contribution >= 4 is 32.4 Å². The molecule has 1 fully saturated rings. The van der Waals surface area contributed by atoms with Gasteiger partial charge in [-0.25, -0.2) is 8.42 Å². The number of rotatable bonds is 5. The van der Waals surface area contributed by atoms with Crippen molar-refractivity contribution < 1.29 is 17.9 Å². The summed E-state index contributed by atoms with van der Waals surface area (Å²) in [5, 5.41) is 1.55. The lowest BCUT2D eigenvalue weighted by Crippen LogP contribution is -2.40. The van der Waals surface area contributed by atoms with E-state index in [1.54, 1.807) is 35.2 Å². The maximum atomic E-state index is 12.9. The fraction of sp³-hybridized carbons (Fsp3) is 0.190. The molecule has 0 saturated carbocycles. The second kappa shape index (κ2) is 7.61. The molecule has 1 N–H and O–H groups in total. The molecule has 0 spiro atoms. The Morgan fingerprint density at radius 3 is 2.50 bits per heavy atom. The number of amides is 1. The highest BCUT2D eigenvalue weighted by Gasteiger charge is 2.19. The molecule has 0 radical (unpaired) electrons. The fourth-order valence-electron chi connectivity index (χ4n) is 3.26. The van der Waals surface area contributed by atoms with E-state index < -0.39 is 10.0 Å². The Hall–Kier alpha value is -2.90. The first-order valence-corrected chi connectivity index (χ1v) is 10.5. The molecule has 1 aliphatic rings. The third kappa shape index (κ3) is 3.85. The van der Waals surface area contributed by atoms with E-state index in [4.69, 9.17) is 4.74 Å². The van der Waals surface area contributed by atoms with Gasteiger partial charge in [-0.05, 0) is 29.1 Å². The van der Waals surface area contributed by atoms with Gasteiger partial charge >= 0.3 is 0 Å². The number of morpholine rings is 1. The topological polar surface area (TPSA) is 75.7 Å². The van der Waals surface area contributed by atoms with E-state index in [0.717, 1.165) is 10.9 Å². The predicted octanol–water partition coefficient (Wildman–Crippen LogP) is 3.00. The van der Waals surface area contributed by atoms with Crippen LogP contribution in [0.4, 0.5) is 5.69 Å². The number of nitrogens with zero attached hydrogens (tertiary/aromatic N) is 1. The summed E-state index contributed by atoms with van der Waals surface area (Å²) in [6.07, 6.45) is 0. The molecule has 0 atom stereocenters. The first kappa shape index (κ1) is 18.5. The lowest BCUT2D eigenvalue weighted by Gasteiger charge is -2.26. The maximum absolute atomic E-state index is 12.9. The van der Waals surface area contributed by atoms with E-state index in [2.05, 4.69) is 4.72 Å². The maximum Gasteiger partial charge on any atom is 0.262 e. The average Bonchev–Trinajstić information content (AvgIpc) is 2.70. The first-order chi connectivity index (χ1) is 13.5. The quantitative estimate of drug-likeness (QED) is 0.719. The highest BCUT2D eigenvalue weighted by molar-refractivity contribution is 7.93. The Morgan fingerprint density at radius 1 is 0.964 bits per heavy atom. The van der Waals surface area contributed by atoms with Crippen LogP contribution in [-0.4, -0.2) is 39.0 Å². The minimum atomic E-state index is -3.72. The lowest BCUT2D eigenvalue weighted by atomic mass is 10.1. The Balaban J connectivity index is 1.52. The van der Waals surface area contributed by atoms with Crippen LogP contribution in [0.5, 0.6) is 0 Å². The predicted molar refractivity (Wildman–Crippen MR) is 107 cm³/mol. The highest BCUT2D eigenvalue weighted by atomic mass is 32.2. The van der Waals surface area contributed by atoms with E-state index in [9.17, 15) is 13.2 Å². The summed E-state index contributed by atoms with van der Waals surface area (Å²) in [5.41, 5.74) is 1.41. The van der Waals surface area contributed by atoms with Crippen molar-refractivity contribution in [2.45, 2.75) is 11.4 Å². The van der Waals surface area contributed by atoms with Crippen LogP contribution >= 0.6 is 0 Å². The van der Waals surface area contributed by atoms with Gasteiger partial charge in [0.05, 0.1) is 11.5 Å². The summed E-state index contributed by atoms with van der Waals surface area (Å²) in [7, 11) is -3.72. The van der Waals surface area contributed by atoms with Gasteiger partial charge in [0.25, 0.3) is 10.0 Å². The smallest absolute Gasteiger partial charge is 0.262 e. The molecule has 1 aliphatic heterocycles. The van der Waals surface area contributed by atoms with E-state index >= 15 is 0 Å². The number of sulfonamides is 1. The molecule has 0 aliphatic carbocycles. The molecular formula is C21H20N2O4S. The zero-order chi connectivity index (χ0) is 19.6. The van der Waals surface area contributed by atoms with Crippen molar-refractivity contribution in [2.24, 2.45) is 0 Å². The van der Waals surface area contributed by atoms with Gasteiger partial charge in [-0.1, -0.05) is 48.5 Å². The van der Waals surface area contributed by atoms with Crippen molar-refractivity contribution in [1.82, 2.24) is 4.90 Å². The van der Waals surface area contributed by atoms with Gasteiger partial charge in [-0.3, -0.25) is 9.52 Å². The normalized spacial score (nSPS) is 15.0. The summed E-state index contributed by atoms with van der Waals surface area (Å²) in [6, 6.07) is 19.7. The Labute approximate surface area is 163 Å². The summed E-state index contributed by atoms with van der Waals surface area (Å²) in [6.45, 7) is 1.70. The average molecular weight is 396 g/mol. The molecule has 7 heteroatoms. The fourth-order valence-corrected chi connectivity index (χ4v) is 4.55. The van der Waals surface area contributed by atoms with Crippen LogP contribution in [-0.2, 0) is 26.1 Å². The second-order valence-corrected chi connectivity index (χ2v) is 8.30. The third-order valence-corrected chi connectivity index (χ3v) is 6.14. The number of fused-ring (bicyclic) bond motifs is 1. The van der Waals surface area contributed by atoms with Crippen LogP contribution < -0.4 is 4.72 Å².